The first-order valence-electron chi connectivity index (χ1n) is 9.36. The third-order valence-corrected chi connectivity index (χ3v) is 7.08. The van der Waals surface area contributed by atoms with Crippen LogP contribution in [0.5, 0.6) is 0 Å². The zero-order chi connectivity index (χ0) is 16.5. The summed E-state index contributed by atoms with van der Waals surface area (Å²) >= 11 is 1.82. The third-order valence-electron chi connectivity index (χ3n) is 6.05. The van der Waals surface area contributed by atoms with Crippen molar-refractivity contribution in [2.75, 3.05) is 19.8 Å². The number of thiophene rings is 1. The summed E-state index contributed by atoms with van der Waals surface area (Å²) in [6.07, 6.45) is 6.12. The van der Waals surface area contributed by atoms with Crippen molar-refractivity contribution >= 4 is 17.2 Å². The fourth-order valence-corrected chi connectivity index (χ4v) is 5.80. The highest BCUT2D eigenvalue weighted by atomic mass is 32.1. The van der Waals surface area contributed by atoms with Gasteiger partial charge in [-0.3, -0.25) is 4.79 Å². The van der Waals surface area contributed by atoms with Crippen LogP contribution in [0.4, 0.5) is 0 Å². The highest BCUT2D eigenvalue weighted by Gasteiger charge is 2.40. The van der Waals surface area contributed by atoms with E-state index < -0.39 is 0 Å². The van der Waals surface area contributed by atoms with Crippen molar-refractivity contribution in [2.45, 2.75) is 57.1 Å². The second-order valence-corrected chi connectivity index (χ2v) is 8.44. The molecule has 1 saturated carbocycles. The van der Waals surface area contributed by atoms with Crippen LogP contribution < -0.4 is 0 Å². The van der Waals surface area contributed by atoms with Crippen LogP contribution in [-0.4, -0.2) is 41.8 Å². The first kappa shape index (κ1) is 16.6. The zero-order valence-corrected chi connectivity index (χ0v) is 15.0. The number of rotatable bonds is 2. The van der Waals surface area contributed by atoms with Crippen molar-refractivity contribution in [3.05, 3.63) is 21.9 Å². The molecule has 3 heterocycles. The van der Waals surface area contributed by atoms with Crippen molar-refractivity contribution in [3.63, 3.8) is 0 Å². The summed E-state index contributed by atoms with van der Waals surface area (Å²) in [6, 6.07) is 2.49. The largest absolute Gasteiger partial charge is 0.393 e. The van der Waals surface area contributed by atoms with Gasteiger partial charge in [0.05, 0.1) is 12.1 Å². The second-order valence-electron chi connectivity index (χ2n) is 7.49. The average molecular weight is 349 g/mol. The summed E-state index contributed by atoms with van der Waals surface area (Å²) in [5, 5.41) is 11.9. The summed E-state index contributed by atoms with van der Waals surface area (Å²) < 4.78 is 5.56. The monoisotopic (exact) mass is 349 g/mol. The molecule has 1 N–H and O–H groups in total. The van der Waals surface area contributed by atoms with Crippen LogP contribution in [0.25, 0.3) is 0 Å². The van der Waals surface area contributed by atoms with Gasteiger partial charge in [0, 0.05) is 30.6 Å². The van der Waals surface area contributed by atoms with Gasteiger partial charge in [-0.05, 0) is 67.9 Å². The van der Waals surface area contributed by atoms with Gasteiger partial charge in [0.1, 0.15) is 0 Å². The lowest BCUT2D eigenvalue weighted by atomic mass is 9.82. The minimum atomic E-state index is -0.203. The van der Waals surface area contributed by atoms with E-state index in [0.29, 0.717) is 11.8 Å². The number of fused-ring (bicyclic) bond motifs is 1. The maximum Gasteiger partial charge on any atom is 0.226 e. The fourth-order valence-electron chi connectivity index (χ4n) is 4.64. The molecule has 132 valence electrons. The fraction of sp³-hybridized carbons (Fsp3) is 0.737. The first-order chi connectivity index (χ1) is 11.7. The summed E-state index contributed by atoms with van der Waals surface area (Å²) in [5.74, 6) is 0.962. The highest BCUT2D eigenvalue weighted by Crippen LogP contribution is 2.43. The van der Waals surface area contributed by atoms with E-state index in [0.717, 1.165) is 64.7 Å². The van der Waals surface area contributed by atoms with Crippen LogP contribution in [-0.2, 0) is 16.0 Å². The van der Waals surface area contributed by atoms with Crippen molar-refractivity contribution in [1.82, 2.24) is 4.90 Å². The van der Waals surface area contributed by atoms with Crippen LogP contribution in [0.15, 0.2) is 11.4 Å². The number of amides is 1. The highest BCUT2D eigenvalue weighted by molar-refractivity contribution is 7.10. The Bertz CT molecular complexity index is 573. The van der Waals surface area contributed by atoms with Crippen molar-refractivity contribution in [1.29, 1.82) is 0 Å². The van der Waals surface area contributed by atoms with Gasteiger partial charge in [-0.2, -0.15) is 0 Å². The molecule has 1 amide bonds. The van der Waals surface area contributed by atoms with E-state index in [1.165, 1.54) is 10.4 Å². The molecule has 1 aromatic heterocycles. The topological polar surface area (TPSA) is 49.8 Å². The Morgan fingerprint density at radius 2 is 1.92 bits per heavy atom. The van der Waals surface area contributed by atoms with Gasteiger partial charge >= 0.3 is 0 Å². The van der Waals surface area contributed by atoms with Gasteiger partial charge < -0.3 is 14.7 Å². The third kappa shape index (κ3) is 3.14. The SMILES string of the molecule is O=C(C1CCC(O)CC1)N1CCc2ccsc2C1C1CCOCC1. The molecule has 4 nitrogen and oxygen atoms in total. The average Bonchev–Trinajstić information content (AvgIpc) is 3.10. The van der Waals surface area contributed by atoms with E-state index in [4.69, 9.17) is 4.74 Å². The molecule has 0 spiro atoms. The van der Waals surface area contributed by atoms with Gasteiger partial charge in [-0.25, -0.2) is 0 Å². The second kappa shape index (κ2) is 7.14. The van der Waals surface area contributed by atoms with E-state index in [-0.39, 0.29) is 18.1 Å². The molecule has 1 unspecified atom stereocenters. The maximum atomic E-state index is 13.3. The number of aliphatic hydroxyl groups excluding tert-OH is 1. The Morgan fingerprint density at radius 3 is 2.67 bits per heavy atom. The summed E-state index contributed by atoms with van der Waals surface area (Å²) in [4.78, 5) is 16.9. The predicted molar refractivity (Wildman–Crippen MR) is 94.0 cm³/mol. The molecular weight excluding hydrogens is 322 g/mol. The van der Waals surface area contributed by atoms with Crippen LogP contribution in [0.1, 0.15) is 55.0 Å². The molecule has 1 atom stereocenters. The molecule has 4 rings (SSSR count). The molecular formula is C19H27NO3S. The van der Waals surface area contributed by atoms with Gasteiger partial charge in [0.2, 0.25) is 5.91 Å². The Kier molecular flexibility index (Phi) is 4.93. The standard InChI is InChI=1S/C19H27NO3S/c21-16-3-1-15(2-4-16)19(22)20-9-5-14-8-12-24-18(14)17(20)13-6-10-23-11-7-13/h8,12-13,15-17,21H,1-7,9-11H2. The van der Waals surface area contributed by atoms with E-state index in [2.05, 4.69) is 16.3 Å². The zero-order valence-electron chi connectivity index (χ0n) is 14.2. The lowest BCUT2D eigenvalue weighted by Crippen LogP contribution is -2.47. The van der Waals surface area contributed by atoms with Crippen molar-refractivity contribution in [2.24, 2.45) is 11.8 Å². The van der Waals surface area contributed by atoms with Gasteiger partial charge in [-0.1, -0.05) is 0 Å². The van der Waals surface area contributed by atoms with Crippen LogP contribution in [0.3, 0.4) is 0 Å². The number of nitrogens with zero attached hydrogens (tertiary/aromatic N) is 1. The molecule has 1 saturated heterocycles. The van der Waals surface area contributed by atoms with Crippen LogP contribution in [0, 0.1) is 11.8 Å². The normalized spacial score (nSPS) is 31.7. The number of carbonyl (C=O) groups is 1. The maximum absolute atomic E-state index is 13.3. The lowest BCUT2D eigenvalue weighted by Gasteiger charge is -2.43. The molecule has 0 radical (unpaired) electrons. The summed E-state index contributed by atoms with van der Waals surface area (Å²) in [6.45, 7) is 2.49. The van der Waals surface area contributed by atoms with Crippen molar-refractivity contribution < 1.29 is 14.6 Å². The molecule has 3 aliphatic rings. The van der Waals surface area contributed by atoms with E-state index >= 15 is 0 Å². The van der Waals surface area contributed by atoms with E-state index in [1.807, 2.05) is 11.3 Å². The Balaban J connectivity index is 1.57. The van der Waals surface area contributed by atoms with E-state index in [9.17, 15) is 9.90 Å². The quantitative estimate of drug-likeness (QED) is 0.892. The molecule has 0 bridgehead atoms. The number of hydrogen-bond acceptors (Lipinski definition) is 4. The smallest absolute Gasteiger partial charge is 0.226 e. The Labute approximate surface area is 147 Å². The first-order valence-corrected chi connectivity index (χ1v) is 10.2. The van der Waals surface area contributed by atoms with Gasteiger partial charge in [0.25, 0.3) is 0 Å². The molecule has 24 heavy (non-hydrogen) atoms. The molecule has 2 aliphatic heterocycles. The minimum absolute atomic E-state index is 0.109. The number of hydrogen-bond donors (Lipinski definition) is 1. The number of ether oxygens (including phenoxy) is 1. The number of aliphatic hydroxyl groups is 1. The predicted octanol–water partition coefficient (Wildman–Crippen LogP) is 3.15. The van der Waals surface area contributed by atoms with Crippen molar-refractivity contribution in [3.8, 4) is 0 Å². The summed E-state index contributed by atoms with van der Waals surface area (Å²) in [5.41, 5.74) is 1.44. The molecule has 1 aliphatic carbocycles. The van der Waals surface area contributed by atoms with Gasteiger partial charge in [-0.15, -0.1) is 11.3 Å². The van der Waals surface area contributed by atoms with Crippen LogP contribution in [0.2, 0.25) is 0 Å². The Hall–Kier alpha value is -0.910. The van der Waals surface area contributed by atoms with Gasteiger partial charge in [0.15, 0.2) is 0 Å². The molecule has 2 fully saturated rings. The minimum Gasteiger partial charge on any atom is -0.393 e. The molecule has 5 heteroatoms. The van der Waals surface area contributed by atoms with Crippen LogP contribution >= 0.6 is 11.3 Å². The molecule has 1 aromatic rings. The Morgan fingerprint density at radius 1 is 1.17 bits per heavy atom. The molecule has 0 aromatic carbocycles. The van der Waals surface area contributed by atoms with E-state index in [1.54, 1.807) is 0 Å². The lowest BCUT2D eigenvalue weighted by molar-refractivity contribution is -0.142. The summed E-state index contributed by atoms with van der Waals surface area (Å²) in [7, 11) is 0. The number of carbonyl (C=O) groups excluding carboxylic acids is 1.